The van der Waals surface area contributed by atoms with Crippen molar-refractivity contribution in [1.29, 1.82) is 5.26 Å². The summed E-state index contributed by atoms with van der Waals surface area (Å²) < 4.78 is 2.39. The summed E-state index contributed by atoms with van der Waals surface area (Å²) in [6.07, 6.45) is 2.64. The third-order valence-corrected chi connectivity index (χ3v) is 10.2. The molecular weight excluding hydrogens is 635 g/mol. The number of aromatic nitrogens is 2. The van der Waals surface area contributed by atoms with Crippen molar-refractivity contribution in [2.75, 3.05) is 13.6 Å². The molecule has 0 bridgehead atoms. The van der Waals surface area contributed by atoms with E-state index in [2.05, 4.69) is 97.3 Å². The van der Waals surface area contributed by atoms with Crippen LogP contribution in [0.2, 0.25) is 0 Å². The molecule has 0 radical (unpaired) electrons. The van der Waals surface area contributed by atoms with E-state index in [1.807, 2.05) is 42.2 Å². The number of nitrogens with two attached hydrogens (primary N) is 1. The van der Waals surface area contributed by atoms with Crippen molar-refractivity contribution in [2.24, 2.45) is 16.1 Å². The number of rotatable bonds is 11. The van der Waals surface area contributed by atoms with Gasteiger partial charge < -0.3 is 20.9 Å². The highest BCUT2D eigenvalue weighted by Gasteiger charge is 2.28. The van der Waals surface area contributed by atoms with Crippen molar-refractivity contribution >= 4 is 57.2 Å². The van der Waals surface area contributed by atoms with Crippen molar-refractivity contribution in [2.45, 2.75) is 67.9 Å². The zero-order valence-corrected chi connectivity index (χ0v) is 30.1. The van der Waals surface area contributed by atoms with E-state index in [1.165, 1.54) is 20.9 Å². The zero-order valence-electron chi connectivity index (χ0n) is 28.4. The number of carbonyl (C=O) groups is 1. The van der Waals surface area contributed by atoms with Gasteiger partial charge >= 0.3 is 0 Å². The van der Waals surface area contributed by atoms with Gasteiger partial charge in [0.2, 0.25) is 18.1 Å². The van der Waals surface area contributed by atoms with Crippen molar-refractivity contribution in [3.8, 4) is 6.19 Å². The first-order chi connectivity index (χ1) is 22.9. The predicted octanol–water partition coefficient (Wildman–Crippen LogP) is 7.73. The Kier molecular flexibility index (Phi) is 10.7. The molecule has 0 aliphatic rings. The standard InChI is InChI=1S/C38H43N7OS2/c1-37(2,3)48-34-30-19-29(47-22-28-16-15-26-9-7-8-10-31(26)44-28)17-18-32(30)45(21-25-11-13-27(14-12-25)35(40)46)33(34)20-38(4,5)23-42-36(41-6)43-24-39/h7-19H,20-23H2,1-6H3,(H2,40,46)(H2,41,42,43). The normalized spacial score (nSPS) is 12.3. The number of aliphatic imine (C=N–C) groups is 1. The van der Waals surface area contributed by atoms with Gasteiger partial charge in [-0.05, 0) is 59.9 Å². The Morgan fingerprint density at radius 2 is 1.77 bits per heavy atom. The molecule has 5 aromatic rings. The molecule has 5 rings (SSSR count). The fraction of sp³-hybridized carbons (Fsp3) is 0.316. The summed E-state index contributed by atoms with van der Waals surface area (Å²) in [6, 6.07) is 26.8. The van der Waals surface area contributed by atoms with Crippen LogP contribution in [-0.2, 0) is 18.7 Å². The van der Waals surface area contributed by atoms with Crippen molar-refractivity contribution in [3.05, 3.63) is 101 Å². The lowest BCUT2D eigenvalue weighted by atomic mass is 9.87. The summed E-state index contributed by atoms with van der Waals surface area (Å²) in [5, 5.41) is 17.7. The third-order valence-electron chi connectivity index (χ3n) is 7.90. The maximum Gasteiger partial charge on any atom is 0.248 e. The van der Waals surface area contributed by atoms with Crippen LogP contribution >= 0.6 is 23.5 Å². The molecule has 4 N–H and O–H groups in total. The number of pyridine rings is 1. The molecule has 2 heterocycles. The summed E-state index contributed by atoms with van der Waals surface area (Å²) in [6.45, 7) is 12.5. The number of hydrogen-bond donors (Lipinski definition) is 3. The number of para-hydroxylation sites is 1. The largest absolute Gasteiger partial charge is 0.366 e. The van der Waals surface area contributed by atoms with E-state index in [0.717, 1.165) is 39.9 Å². The first kappa shape index (κ1) is 34.9. The van der Waals surface area contributed by atoms with Gasteiger partial charge in [0.25, 0.3) is 0 Å². The molecule has 0 aliphatic carbocycles. The number of guanidine groups is 1. The van der Waals surface area contributed by atoms with Gasteiger partial charge in [-0.2, -0.15) is 5.26 Å². The monoisotopic (exact) mass is 677 g/mol. The number of thioether (sulfide) groups is 2. The molecule has 8 nitrogen and oxygen atoms in total. The molecule has 0 aliphatic heterocycles. The van der Waals surface area contributed by atoms with Crippen LogP contribution in [-0.4, -0.2) is 39.8 Å². The lowest BCUT2D eigenvalue weighted by Gasteiger charge is -2.28. The van der Waals surface area contributed by atoms with E-state index >= 15 is 0 Å². The molecule has 0 saturated heterocycles. The summed E-state index contributed by atoms with van der Waals surface area (Å²) >= 11 is 3.69. The molecule has 248 valence electrons. The van der Waals surface area contributed by atoms with Crippen LogP contribution in [0, 0.1) is 16.9 Å². The lowest BCUT2D eigenvalue weighted by molar-refractivity contribution is 0.1000. The van der Waals surface area contributed by atoms with Gasteiger partial charge in [0, 0.05) is 68.0 Å². The van der Waals surface area contributed by atoms with Gasteiger partial charge in [-0.1, -0.05) is 71.0 Å². The van der Waals surface area contributed by atoms with Crippen LogP contribution in [0.3, 0.4) is 0 Å². The molecule has 10 heteroatoms. The van der Waals surface area contributed by atoms with Crippen molar-refractivity contribution < 1.29 is 4.79 Å². The van der Waals surface area contributed by atoms with Gasteiger partial charge in [0.1, 0.15) is 0 Å². The number of benzene rings is 3. The Morgan fingerprint density at radius 3 is 2.46 bits per heavy atom. The van der Waals surface area contributed by atoms with Crippen LogP contribution < -0.4 is 16.4 Å². The van der Waals surface area contributed by atoms with E-state index in [4.69, 9.17) is 16.0 Å². The Hall–Kier alpha value is -4.46. The first-order valence-corrected chi connectivity index (χ1v) is 17.7. The number of carbonyl (C=O) groups excluding carboxylic acids is 1. The minimum absolute atomic E-state index is 0.0314. The lowest BCUT2D eigenvalue weighted by Crippen LogP contribution is -2.41. The van der Waals surface area contributed by atoms with Crippen LogP contribution in [0.15, 0.2) is 93.6 Å². The van der Waals surface area contributed by atoms with Crippen LogP contribution in [0.5, 0.6) is 0 Å². The highest BCUT2D eigenvalue weighted by atomic mass is 32.2. The predicted molar refractivity (Wildman–Crippen MR) is 201 cm³/mol. The topological polar surface area (TPSA) is 121 Å². The van der Waals surface area contributed by atoms with Gasteiger partial charge in [0.05, 0.1) is 11.2 Å². The number of primary amides is 1. The third kappa shape index (κ3) is 8.71. The summed E-state index contributed by atoms with van der Waals surface area (Å²) in [4.78, 5) is 23.0. The van der Waals surface area contributed by atoms with E-state index < -0.39 is 5.91 Å². The van der Waals surface area contributed by atoms with Gasteiger partial charge in [-0.15, -0.1) is 28.5 Å². The smallest absolute Gasteiger partial charge is 0.248 e. The number of nitrogens with zero attached hydrogens (tertiary/aromatic N) is 4. The Labute approximate surface area is 291 Å². The minimum atomic E-state index is -0.434. The Balaban J connectivity index is 1.56. The number of nitriles is 1. The van der Waals surface area contributed by atoms with E-state index in [0.29, 0.717) is 24.6 Å². The number of hydrogen-bond acceptors (Lipinski definition) is 6. The molecule has 0 unspecified atom stereocenters. The SMILES string of the molecule is CN/C(=N\C#N)NCC(C)(C)Cc1c(SC(C)(C)C)c2cc(SCc3ccc4ccccc4n3)ccc2n1Cc1ccc(C(N)=O)cc1. The van der Waals surface area contributed by atoms with Gasteiger partial charge in [-0.25, -0.2) is 0 Å². The second-order valence-electron chi connectivity index (χ2n) is 13.6. The van der Waals surface area contributed by atoms with Gasteiger partial charge in [0.15, 0.2) is 0 Å². The zero-order chi connectivity index (χ0) is 34.5. The molecule has 48 heavy (non-hydrogen) atoms. The van der Waals surface area contributed by atoms with Crippen molar-refractivity contribution in [3.63, 3.8) is 0 Å². The average Bonchev–Trinajstić information content (AvgIpc) is 3.31. The highest BCUT2D eigenvalue weighted by Crippen LogP contribution is 2.44. The molecule has 0 fully saturated rings. The molecule has 0 spiro atoms. The average molecular weight is 678 g/mol. The fourth-order valence-electron chi connectivity index (χ4n) is 5.60. The van der Waals surface area contributed by atoms with Crippen LogP contribution in [0.1, 0.15) is 61.9 Å². The quantitative estimate of drug-likeness (QED) is 0.0566. The maximum absolute atomic E-state index is 11.8. The molecule has 1 amide bonds. The first-order valence-electron chi connectivity index (χ1n) is 15.9. The van der Waals surface area contributed by atoms with E-state index in [1.54, 1.807) is 30.9 Å². The number of amides is 1. The molecule has 0 saturated carbocycles. The number of fused-ring (bicyclic) bond motifs is 2. The summed E-state index contributed by atoms with van der Waals surface area (Å²) in [7, 11) is 1.75. The minimum Gasteiger partial charge on any atom is -0.366 e. The highest BCUT2D eigenvalue weighted by molar-refractivity contribution is 8.01. The van der Waals surface area contributed by atoms with Gasteiger partial charge in [-0.3, -0.25) is 9.78 Å². The summed E-state index contributed by atoms with van der Waals surface area (Å²) in [5.41, 5.74) is 11.4. The van der Waals surface area contributed by atoms with Crippen LogP contribution in [0.4, 0.5) is 0 Å². The summed E-state index contributed by atoms with van der Waals surface area (Å²) in [5.74, 6) is 0.790. The molecular formula is C38H43N7OS2. The van der Waals surface area contributed by atoms with E-state index in [9.17, 15) is 4.79 Å². The molecule has 3 aromatic carbocycles. The van der Waals surface area contributed by atoms with E-state index in [-0.39, 0.29) is 10.2 Å². The second kappa shape index (κ2) is 14.8. The number of nitrogens with one attached hydrogen (secondary N) is 2. The fourth-order valence-corrected chi connectivity index (χ4v) is 7.62. The maximum atomic E-state index is 11.8. The Bertz CT molecular complexity index is 2000. The molecule has 2 aromatic heterocycles. The van der Waals surface area contributed by atoms with Crippen LogP contribution in [0.25, 0.3) is 21.8 Å². The van der Waals surface area contributed by atoms with Crippen molar-refractivity contribution in [1.82, 2.24) is 20.2 Å². The Morgan fingerprint density at radius 1 is 1.02 bits per heavy atom. The molecule has 0 atom stereocenters. The second-order valence-corrected chi connectivity index (χ2v) is 16.5.